The third-order valence-electron chi connectivity index (χ3n) is 4.54. The molecule has 3 heteroatoms. The lowest BCUT2D eigenvalue weighted by Crippen LogP contribution is -2.51. The number of benzene rings is 2. The molecule has 2 aromatic rings. The van der Waals surface area contributed by atoms with Gasteiger partial charge in [-0.3, -0.25) is 4.79 Å². The smallest absolute Gasteiger partial charge is 0.180 e. The van der Waals surface area contributed by atoms with Crippen molar-refractivity contribution in [2.24, 2.45) is 0 Å². The Hall–Kier alpha value is -1.97. The summed E-state index contributed by atoms with van der Waals surface area (Å²) in [6.07, 6.45) is 0.865. The molecule has 3 aliphatic heterocycles. The van der Waals surface area contributed by atoms with Crippen LogP contribution in [0.5, 0.6) is 0 Å². The fraction of sp³-hybridized carbons (Fsp3) is 0.316. The first kappa shape index (κ1) is 13.7. The van der Waals surface area contributed by atoms with Crippen LogP contribution in [0.25, 0.3) is 0 Å². The van der Waals surface area contributed by atoms with Crippen LogP contribution in [-0.4, -0.2) is 11.6 Å². The summed E-state index contributed by atoms with van der Waals surface area (Å²) in [6.45, 7) is 1.58. The van der Waals surface area contributed by atoms with E-state index in [9.17, 15) is 4.79 Å². The summed E-state index contributed by atoms with van der Waals surface area (Å²) in [7, 11) is 0. The normalized spacial score (nSPS) is 32.5. The molecule has 3 atom stereocenters. The van der Waals surface area contributed by atoms with E-state index < -0.39 is 11.4 Å². The Morgan fingerprint density at radius 3 is 2.27 bits per heavy atom. The highest BCUT2D eigenvalue weighted by molar-refractivity contribution is 5.76. The van der Waals surface area contributed by atoms with E-state index in [1.807, 2.05) is 36.4 Å². The molecule has 112 valence electrons. The predicted molar refractivity (Wildman–Crippen MR) is 82.1 cm³/mol. The van der Waals surface area contributed by atoms with Gasteiger partial charge in [-0.1, -0.05) is 60.7 Å². The van der Waals surface area contributed by atoms with Gasteiger partial charge in [0.05, 0.1) is 6.42 Å². The first-order valence-electron chi connectivity index (χ1n) is 7.62. The maximum Gasteiger partial charge on any atom is 0.180 e. The maximum absolute atomic E-state index is 11.6. The van der Waals surface area contributed by atoms with E-state index >= 15 is 0 Å². The molecule has 0 radical (unpaired) electrons. The lowest BCUT2D eigenvalue weighted by molar-refractivity contribution is -0.285. The molecule has 2 aromatic carbocycles. The van der Waals surface area contributed by atoms with Crippen LogP contribution >= 0.6 is 0 Å². The Labute approximate surface area is 129 Å². The molecule has 0 amide bonds. The van der Waals surface area contributed by atoms with Crippen molar-refractivity contribution < 1.29 is 14.3 Å². The first-order valence-corrected chi connectivity index (χ1v) is 7.62. The summed E-state index contributed by atoms with van der Waals surface area (Å²) in [4.78, 5) is 11.6. The average Bonchev–Trinajstić information content (AvgIpc) is 2.99. The predicted octanol–water partition coefficient (Wildman–Crippen LogP) is 3.75. The van der Waals surface area contributed by atoms with Crippen LogP contribution in [0.2, 0.25) is 0 Å². The van der Waals surface area contributed by atoms with Crippen molar-refractivity contribution in [1.82, 2.24) is 0 Å². The van der Waals surface area contributed by atoms with Crippen molar-refractivity contribution in [2.45, 2.75) is 37.3 Å². The lowest BCUT2D eigenvalue weighted by atomic mass is 9.77. The molecule has 22 heavy (non-hydrogen) atoms. The molecule has 3 heterocycles. The zero-order valence-corrected chi connectivity index (χ0v) is 12.5. The first-order chi connectivity index (χ1) is 10.6. The minimum atomic E-state index is -0.748. The van der Waals surface area contributed by atoms with Crippen LogP contribution in [0.1, 0.15) is 37.0 Å². The minimum Gasteiger partial charge on any atom is -0.338 e. The summed E-state index contributed by atoms with van der Waals surface area (Å²) in [5.41, 5.74) is 1.73. The van der Waals surface area contributed by atoms with Crippen LogP contribution in [0.15, 0.2) is 60.7 Å². The van der Waals surface area contributed by atoms with E-state index in [2.05, 4.69) is 24.3 Å². The molecule has 0 saturated carbocycles. The molecule has 3 unspecified atom stereocenters. The number of hydrogen-bond donors (Lipinski definition) is 0. The Morgan fingerprint density at radius 2 is 1.68 bits per heavy atom. The largest absolute Gasteiger partial charge is 0.338 e. The zero-order chi connectivity index (χ0) is 15.2. The van der Waals surface area contributed by atoms with E-state index in [0.717, 1.165) is 17.5 Å². The third-order valence-corrected chi connectivity index (χ3v) is 4.54. The zero-order valence-electron chi connectivity index (χ0n) is 12.5. The van der Waals surface area contributed by atoms with Crippen molar-refractivity contribution in [3.8, 4) is 0 Å². The second kappa shape index (κ2) is 4.77. The Bertz CT molecular complexity index is 682. The minimum absolute atomic E-state index is 0.0929. The molecule has 5 rings (SSSR count). The number of carbonyl (C=O) groups excluding carboxylic acids is 1. The number of carbonyl (C=O) groups is 1. The second-order valence-electron chi connectivity index (χ2n) is 6.23. The fourth-order valence-electron chi connectivity index (χ4n) is 3.76. The molecule has 0 aliphatic carbocycles. The van der Waals surface area contributed by atoms with E-state index in [-0.39, 0.29) is 11.9 Å². The molecule has 3 fully saturated rings. The highest BCUT2D eigenvalue weighted by atomic mass is 16.8. The van der Waals surface area contributed by atoms with Gasteiger partial charge in [-0.2, -0.15) is 0 Å². The molecule has 2 bridgehead atoms. The molecular formula is C19H18O3. The van der Waals surface area contributed by atoms with Crippen molar-refractivity contribution in [1.29, 1.82) is 0 Å². The summed E-state index contributed by atoms with van der Waals surface area (Å²) in [5, 5.41) is 0. The van der Waals surface area contributed by atoms with E-state index in [0.29, 0.717) is 6.42 Å². The average molecular weight is 294 g/mol. The van der Waals surface area contributed by atoms with Gasteiger partial charge in [0.25, 0.3) is 0 Å². The molecule has 3 saturated heterocycles. The number of hydrogen-bond acceptors (Lipinski definition) is 3. The Balaban J connectivity index is 1.75. The van der Waals surface area contributed by atoms with E-state index in [4.69, 9.17) is 9.47 Å². The van der Waals surface area contributed by atoms with Gasteiger partial charge >= 0.3 is 0 Å². The standard InChI is InChI=1S/C19H18O3/c1-14(20)12-18-13-19(22-18,16-10-6-3-7-11-16)17(21-18)15-8-4-2-5-9-15/h2-11,17H,12-13H2,1H3. The van der Waals surface area contributed by atoms with E-state index in [1.165, 1.54) is 0 Å². The number of rotatable bonds is 4. The topological polar surface area (TPSA) is 35.5 Å². The van der Waals surface area contributed by atoms with Gasteiger partial charge in [0.2, 0.25) is 0 Å². The summed E-state index contributed by atoms with van der Waals surface area (Å²) in [6, 6.07) is 20.3. The van der Waals surface area contributed by atoms with Crippen LogP contribution in [-0.2, 0) is 19.9 Å². The van der Waals surface area contributed by atoms with Crippen molar-refractivity contribution in [3.05, 3.63) is 71.8 Å². The van der Waals surface area contributed by atoms with Crippen LogP contribution in [0, 0.1) is 0 Å². The van der Waals surface area contributed by atoms with Gasteiger partial charge in [0.15, 0.2) is 5.79 Å². The Morgan fingerprint density at radius 1 is 1.09 bits per heavy atom. The fourth-order valence-corrected chi connectivity index (χ4v) is 3.76. The highest BCUT2D eigenvalue weighted by Gasteiger charge is 2.70. The molecule has 3 nitrogen and oxygen atoms in total. The summed E-state index contributed by atoms with van der Waals surface area (Å²) >= 11 is 0. The highest BCUT2D eigenvalue weighted by Crippen LogP contribution is 2.66. The SMILES string of the molecule is CC(=O)CC12CC(c3ccccc3)(O1)C(c1ccccc1)O2. The third kappa shape index (κ3) is 1.93. The summed E-state index contributed by atoms with van der Waals surface area (Å²) < 4.78 is 12.5. The van der Waals surface area contributed by atoms with Crippen molar-refractivity contribution in [2.75, 3.05) is 0 Å². The number of ketones is 1. The van der Waals surface area contributed by atoms with Gasteiger partial charge < -0.3 is 9.47 Å². The monoisotopic (exact) mass is 294 g/mol. The van der Waals surface area contributed by atoms with Gasteiger partial charge in [-0.05, 0) is 18.1 Å². The van der Waals surface area contributed by atoms with Gasteiger partial charge in [-0.25, -0.2) is 0 Å². The van der Waals surface area contributed by atoms with Gasteiger partial charge in [0.1, 0.15) is 17.5 Å². The van der Waals surface area contributed by atoms with Crippen LogP contribution < -0.4 is 0 Å². The van der Waals surface area contributed by atoms with Crippen molar-refractivity contribution in [3.63, 3.8) is 0 Å². The Kier molecular flexibility index (Phi) is 2.96. The molecule has 0 N–H and O–H groups in total. The lowest BCUT2D eigenvalue weighted by Gasteiger charge is -2.45. The summed E-state index contributed by atoms with van der Waals surface area (Å²) in [5.74, 6) is -0.655. The van der Waals surface area contributed by atoms with Crippen LogP contribution in [0.3, 0.4) is 0 Å². The molecule has 0 aromatic heterocycles. The molecule has 3 aliphatic rings. The quantitative estimate of drug-likeness (QED) is 0.861. The van der Waals surface area contributed by atoms with Gasteiger partial charge in [0, 0.05) is 6.42 Å². The molecular weight excluding hydrogens is 276 g/mol. The van der Waals surface area contributed by atoms with Crippen LogP contribution in [0.4, 0.5) is 0 Å². The number of Topliss-reactive ketones (excluding diaryl/α,β-unsaturated/α-hetero) is 1. The maximum atomic E-state index is 11.6. The van der Waals surface area contributed by atoms with Gasteiger partial charge in [-0.15, -0.1) is 0 Å². The van der Waals surface area contributed by atoms with E-state index in [1.54, 1.807) is 6.92 Å². The van der Waals surface area contributed by atoms with Crippen molar-refractivity contribution >= 4 is 5.78 Å². The second-order valence-corrected chi connectivity index (χ2v) is 6.23. The number of ether oxygens (including phenoxy) is 2. The molecule has 0 spiro atoms. The number of fused-ring (bicyclic) bond motifs is 1.